The molecule has 1 fully saturated rings. The minimum absolute atomic E-state index is 0.313. The Hall–Kier alpha value is -2.64. The number of nitrogens with zero attached hydrogens (tertiary/aromatic N) is 2. The van der Waals surface area contributed by atoms with Crippen molar-refractivity contribution in [3.05, 3.63) is 24.3 Å². The number of benzene rings is 1. The number of anilines is 1. The van der Waals surface area contributed by atoms with Crippen LogP contribution in [0.15, 0.2) is 29.3 Å². The molecule has 0 aliphatic carbocycles. The first-order valence-corrected chi connectivity index (χ1v) is 10.7. The molecular weight excluding hydrogens is 382 g/mol. The van der Waals surface area contributed by atoms with Crippen molar-refractivity contribution in [3.8, 4) is 5.75 Å². The second-order valence-electron chi connectivity index (χ2n) is 8.29. The number of alkyl carbamates (subject to hydrolysis) is 1. The van der Waals surface area contributed by atoms with E-state index in [4.69, 9.17) is 9.47 Å². The lowest BCUT2D eigenvalue weighted by atomic mass is 10.2. The molecule has 0 aromatic heterocycles. The van der Waals surface area contributed by atoms with Gasteiger partial charge >= 0.3 is 6.09 Å². The Kier molecular flexibility index (Phi) is 9.08. The molecule has 0 spiro atoms. The number of hydrogen-bond donors (Lipinski definition) is 3. The molecule has 1 unspecified atom stereocenters. The van der Waals surface area contributed by atoms with Crippen LogP contribution in [0, 0.1) is 0 Å². The van der Waals surface area contributed by atoms with Crippen LogP contribution in [0.4, 0.5) is 10.5 Å². The summed E-state index contributed by atoms with van der Waals surface area (Å²) < 4.78 is 10.7. The highest BCUT2D eigenvalue weighted by molar-refractivity contribution is 5.80. The normalized spacial score (nSPS) is 16.9. The van der Waals surface area contributed by atoms with Crippen LogP contribution >= 0.6 is 0 Å². The molecule has 30 heavy (non-hydrogen) atoms. The molecule has 2 rings (SSSR count). The van der Waals surface area contributed by atoms with Crippen molar-refractivity contribution in [1.29, 1.82) is 0 Å². The van der Waals surface area contributed by atoms with Crippen LogP contribution in [-0.2, 0) is 4.74 Å². The lowest BCUT2D eigenvalue weighted by Gasteiger charge is -2.22. The zero-order valence-corrected chi connectivity index (χ0v) is 19.0. The van der Waals surface area contributed by atoms with E-state index in [2.05, 4.69) is 38.8 Å². The number of nitrogens with one attached hydrogen (secondary N) is 3. The fraction of sp³-hybridized carbons (Fsp3) is 0.636. The van der Waals surface area contributed by atoms with E-state index in [0.717, 1.165) is 49.9 Å². The van der Waals surface area contributed by atoms with Gasteiger partial charge in [0.2, 0.25) is 0 Å². The summed E-state index contributed by atoms with van der Waals surface area (Å²) in [7, 11) is 1.71. The Bertz CT molecular complexity index is 702. The van der Waals surface area contributed by atoms with Crippen LogP contribution in [-0.4, -0.2) is 63.5 Å². The predicted octanol–water partition coefficient (Wildman–Crippen LogP) is 2.74. The lowest BCUT2D eigenvalue weighted by molar-refractivity contribution is 0.0527. The van der Waals surface area contributed by atoms with Crippen molar-refractivity contribution in [2.45, 2.75) is 52.2 Å². The van der Waals surface area contributed by atoms with Gasteiger partial charge in [-0.2, -0.15) is 0 Å². The van der Waals surface area contributed by atoms with Crippen molar-refractivity contribution >= 4 is 17.7 Å². The van der Waals surface area contributed by atoms with Gasteiger partial charge in [0.15, 0.2) is 5.96 Å². The molecule has 0 saturated carbocycles. The summed E-state index contributed by atoms with van der Waals surface area (Å²) in [6.07, 6.45) is 1.38. The monoisotopic (exact) mass is 419 g/mol. The summed E-state index contributed by atoms with van der Waals surface area (Å²) in [5.74, 6) is 1.71. The third kappa shape index (κ3) is 8.00. The molecule has 1 amide bonds. The molecule has 1 aromatic carbocycles. The van der Waals surface area contributed by atoms with Crippen LogP contribution in [0.5, 0.6) is 5.75 Å². The van der Waals surface area contributed by atoms with Gasteiger partial charge < -0.3 is 30.3 Å². The predicted molar refractivity (Wildman–Crippen MR) is 122 cm³/mol. The molecular formula is C22H37N5O3. The summed E-state index contributed by atoms with van der Waals surface area (Å²) >= 11 is 0. The number of rotatable bonds is 8. The lowest BCUT2D eigenvalue weighted by Crippen LogP contribution is -2.44. The van der Waals surface area contributed by atoms with Gasteiger partial charge in [-0.05, 0) is 52.7 Å². The van der Waals surface area contributed by atoms with Crippen molar-refractivity contribution in [1.82, 2.24) is 16.0 Å². The molecule has 1 saturated heterocycles. The van der Waals surface area contributed by atoms with Crippen LogP contribution in [0.1, 0.15) is 40.5 Å². The van der Waals surface area contributed by atoms with Crippen LogP contribution in [0.2, 0.25) is 0 Å². The Morgan fingerprint density at radius 3 is 2.73 bits per heavy atom. The molecule has 1 aliphatic rings. The van der Waals surface area contributed by atoms with Gasteiger partial charge in [-0.1, -0.05) is 12.1 Å². The number of carbonyl (C=O) groups is 1. The van der Waals surface area contributed by atoms with Crippen molar-refractivity contribution < 1.29 is 14.3 Å². The number of hydrogen-bond acceptors (Lipinski definition) is 5. The number of aliphatic imine (C=N–C) groups is 1. The number of methoxy groups -OCH3 is 1. The highest BCUT2D eigenvalue weighted by Crippen LogP contribution is 2.30. The summed E-state index contributed by atoms with van der Waals surface area (Å²) in [6.45, 7) is 11.4. The fourth-order valence-electron chi connectivity index (χ4n) is 3.28. The maximum atomic E-state index is 11.7. The largest absolute Gasteiger partial charge is 0.495 e. The van der Waals surface area contributed by atoms with Crippen molar-refractivity contribution in [3.63, 3.8) is 0 Å². The van der Waals surface area contributed by atoms with Gasteiger partial charge in [0.05, 0.1) is 12.8 Å². The Morgan fingerprint density at radius 1 is 1.27 bits per heavy atom. The molecule has 1 aliphatic heterocycles. The summed E-state index contributed by atoms with van der Waals surface area (Å²) in [5.41, 5.74) is 0.642. The van der Waals surface area contributed by atoms with E-state index in [0.29, 0.717) is 19.1 Å². The SMILES string of the molecule is CCNC(=NCCCNC(=O)OC(C)(C)C)NC1CCN(c2ccccc2OC)C1. The van der Waals surface area contributed by atoms with Gasteiger partial charge in [-0.25, -0.2) is 4.79 Å². The van der Waals surface area contributed by atoms with E-state index in [9.17, 15) is 4.79 Å². The first-order valence-electron chi connectivity index (χ1n) is 10.7. The van der Waals surface area contributed by atoms with E-state index in [1.54, 1.807) is 7.11 Å². The quantitative estimate of drug-likeness (QED) is 0.341. The minimum Gasteiger partial charge on any atom is -0.495 e. The smallest absolute Gasteiger partial charge is 0.407 e. The number of para-hydroxylation sites is 2. The fourth-order valence-corrected chi connectivity index (χ4v) is 3.28. The van der Waals surface area contributed by atoms with E-state index in [-0.39, 0.29) is 6.09 Å². The third-order valence-corrected chi connectivity index (χ3v) is 4.57. The zero-order valence-electron chi connectivity index (χ0n) is 19.0. The number of carbonyl (C=O) groups excluding carboxylic acids is 1. The van der Waals surface area contributed by atoms with Gasteiger partial charge in [0, 0.05) is 38.8 Å². The van der Waals surface area contributed by atoms with E-state index in [1.807, 2.05) is 39.0 Å². The van der Waals surface area contributed by atoms with Crippen molar-refractivity contribution in [2.75, 3.05) is 44.7 Å². The molecule has 1 heterocycles. The number of amides is 1. The van der Waals surface area contributed by atoms with E-state index in [1.165, 1.54) is 0 Å². The Labute approximate surface area is 180 Å². The Morgan fingerprint density at radius 2 is 2.03 bits per heavy atom. The highest BCUT2D eigenvalue weighted by Gasteiger charge is 2.25. The first-order chi connectivity index (χ1) is 14.3. The van der Waals surface area contributed by atoms with Crippen LogP contribution in [0.3, 0.4) is 0 Å². The Balaban J connectivity index is 1.79. The number of guanidine groups is 1. The van der Waals surface area contributed by atoms with Gasteiger partial charge in [0.1, 0.15) is 11.4 Å². The average molecular weight is 420 g/mol. The standard InChI is InChI=1S/C22H37N5O3/c1-6-23-20(24-13-9-14-25-21(28)30-22(2,3)4)26-17-12-15-27(16-17)18-10-7-8-11-19(18)29-5/h7-8,10-11,17H,6,9,12-16H2,1-5H3,(H,25,28)(H2,23,24,26). The molecule has 8 nitrogen and oxygen atoms in total. The third-order valence-electron chi connectivity index (χ3n) is 4.57. The van der Waals surface area contributed by atoms with Gasteiger partial charge in [-0.3, -0.25) is 4.99 Å². The van der Waals surface area contributed by atoms with E-state index < -0.39 is 5.60 Å². The van der Waals surface area contributed by atoms with Crippen LogP contribution in [0.25, 0.3) is 0 Å². The van der Waals surface area contributed by atoms with Crippen LogP contribution < -0.4 is 25.6 Å². The molecule has 0 radical (unpaired) electrons. The highest BCUT2D eigenvalue weighted by atomic mass is 16.6. The second kappa shape index (κ2) is 11.5. The molecule has 168 valence electrons. The summed E-state index contributed by atoms with van der Waals surface area (Å²) in [6, 6.07) is 8.43. The van der Waals surface area contributed by atoms with Crippen molar-refractivity contribution in [2.24, 2.45) is 4.99 Å². The summed E-state index contributed by atoms with van der Waals surface area (Å²) in [5, 5.41) is 9.59. The maximum absolute atomic E-state index is 11.7. The minimum atomic E-state index is -0.483. The topological polar surface area (TPSA) is 87.2 Å². The van der Waals surface area contributed by atoms with Gasteiger partial charge in [-0.15, -0.1) is 0 Å². The molecule has 8 heteroatoms. The second-order valence-corrected chi connectivity index (χ2v) is 8.29. The molecule has 1 aromatic rings. The maximum Gasteiger partial charge on any atom is 0.407 e. The molecule has 1 atom stereocenters. The number of ether oxygens (including phenoxy) is 2. The average Bonchev–Trinajstić information content (AvgIpc) is 3.14. The summed E-state index contributed by atoms with van der Waals surface area (Å²) in [4.78, 5) is 18.7. The first kappa shape index (κ1) is 23.6. The van der Waals surface area contributed by atoms with E-state index >= 15 is 0 Å². The molecule has 0 bridgehead atoms. The zero-order chi connectivity index (χ0) is 22.0. The van der Waals surface area contributed by atoms with Gasteiger partial charge in [0.25, 0.3) is 0 Å². The molecule has 3 N–H and O–H groups in total.